The van der Waals surface area contributed by atoms with Crippen molar-refractivity contribution in [2.24, 2.45) is 0 Å². The van der Waals surface area contributed by atoms with Crippen LogP contribution in [0.3, 0.4) is 0 Å². The van der Waals surface area contributed by atoms with Crippen LogP contribution in [-0.2, 0) is 14.0 Å². The molecule has 1 aromatic carbocycles. The maximum atomic E-state index is 12.7. The number of esters is 1. The van der Waals surface area contributed by atoms with Gasteiger partial charge in [-0.1, -0.05) is 12.1 Å². The molecule has 3 heterocycles. The zero-order valence-electron chi connectivity index (χ0n) is 21.5. The van der Waals surface area contributed by atoms with E-state index < -0.39 is 24.3 Å². The Labute approximate surface area is 210 Å². The topological polar surface area (TPSA) is 84.7 Å². The van der Waals surface area contributed by atoms with Crippen molar-refractivity contribution in [3.63, 3.8) is 0 Å². The number of aromatic nitrogens is 3. The van der Waals surface area contributed by atoms with Gasteiger partial charge in [0.25, 0.3) is 0 Å². The number of hydrogen-bond donors (Lipinski definition) is 0. The second-order valence-corrected chi connectivity index (χ2v) is 11.0. The Kier molecular flexibility index (Phi) is 6.83. The van der Waals surface area contributed by atoms with Crippen LogP contribution in [0.5, 0.6) is 5.75 Å². The molecule has 10 heteroatoms. The minimum absolute atomic E-state index is 0.0390. The molecule has 4 rings (SSSR count). The summed E-state index contributed by atoms with van der Waals surface area (Å²) in [6.07, 6.45) is 1.62. The van der Waals surface area contributed by atoms with Crippen LogP contribution < -0.4 is 10.2 Å². The summed E-state index contributed by atoms with van der Waals surface area (Å²) in [5.41, 5.74) is 3.07. The summed E-state index contributed by atoms with van der Waals surface area (Å²) in [6, 6.07) is 7.76. The molecular weight excluding hydrogens is 465 g/mol. The molecule has 2 aromatic heterocycles. The lowest BCUT2D eigenvalue weighted by Crippen LogP contribution is -2.41. The Morgan fingerprint density at radius 1 is 1.09 bits per heavy atom. The molecule has 0 amide bonds. The average molecular weight is 497 g/mol. The number of carbonyl (C=O) groups is 1. The van der Waals surface area contributed by atoms with Gasteiger partial charge in [0, 0.05) is 17.2 Å². The Morgan fingerprint density at radius 2 is 1.77 bits per heavy atom. The van der Waals surface area contributed by atoms with Crippen molar-refractivity contribution in [2.45, 2.75) is 78.8 Å². The summed E-state index contributed by atoms with van der Waals surface area (Å²) in [7, 11) is -0.641. The predicted octanol–water partition coefficient (Wildman–Crippen LogP) is 4.65. The summed E-state index contributed by atoms with van der Waals surface area (Å²) >= 11 is 1.31. The van der Waals surface area contributed by atoms with Crippen molar-refractivity contribution in [3.8, 4) is 22.0 Å². The summed E-state index contributed by atoms with van der Waals surface area (Å²) < 4.78 is 25.7. The van der Waals surface area contributed by atoms with Crippen LogP contribution in [0.1, 0.15) is 65.9 Å². The molecule has 0 spiro atoms. The second-order valence-electron chi connectivity index (χ2n) is 10.1. The molecule has 0 atom stereocenters. The van der Waals surface area contributed by atoms with Crippen molar-refractivity contribution in [3.05, 3.63) is 41.7 Å². The van der Waals surface area contributed by atoms with Crippen molar-refractivity contribution < 1.29 is 23.6 Å². The lowest BCUT2D eigenvalue weighted by Gasteiger charge is -2.32. The predicted molar refractivity (Wildman–Crippen MR) is 137 cm³/mol. The van der Waals surface area contributed by atoms with E-state index >= 15 is 0 Å². The first-order valence-corrected chi connectivity index (χ1v) is 12.6. The van der Waals surface area contributed by atoms with Gasteiger partial charge in [-0.05, 0) is 67.5 Å². The molecule has 1 aliphatic heterocycles. The van der Waals surface area contributed by atoms with Gasteiger partial charge in [-0.25, -0.2) is 14.5 Å². The largest absolute Gasteiger partial charge is 0.498 e. The summed E-state index contributed by atoms with van der Waals surface area (Å²) in [4.78, 5) is 16.9. The second kappa shape index (κ2) is 9.41. The molecule has 0 aliphatic carbocycles. The monoisotopic (exact) mass is 497 g/mol. The minimum atomic E-state index is -0.641. The van der Waals surface area contributed by atoms with E-state index in [9.17, 15) is 4.79 Å². The molecule has 0 radical (unpaired) electrons. The van der Waals surface area contributed by atoms with Crippen LogP contribution in [0.15, 0.2) is 36.0 Å². The van der Waals surface area contributed by atoms with Gasteiger partial charge in [0.15, 0.2) is 10.7 Å². The first-order chi connectivity index (χ1) is 16.4. The fourth-order valence-electron chi connectivity index (χ4n) is 3.66. The van der Waals surface area contributed by atoms with Crippen LogP contribution >= 0.6 is 11.3 Å². The summed E-state index contributed by atoms with van der Waals surface area (Å²) in [5.74, 6) is 0.253. The molecule has 3 aromatic rings. The normalized spacial score (nSPS) is 16.8. The third-order valence-electron chi connectivity index (χ3n) is 6.02. The lowest BCUT2D eigenvalue weighted by molar-refractivity contribution is 0.00578. The Bertz CT molecular complexity index is 1200. The molecule has 1 aliphatic rings. The molecule has 0 N–H and O–H groups in total. The van der Waals surface area contributed by atoms with E-state index in [0.29, 0.717) is 10.7 Å². The SMILES string of the molecule is CC(C)OC(=O)c1ncsc1-n1cc(B2OC(C)(C)C(C)(C)O2)c(-c2cccc(OC(C)C)c2)n1. The average Bonchev–Trinajstić information content (AvgIpc) is 3.43. The third-order valence-corrected chi connectivity index (χ3v) is 6.84. The smallest absolute Gasteiger partial charge is 0.491 e. The molecular formula is C25H32BN3O5S. The maximum Gasteiger partial charge on any atom is 0.498 e. The van der Waals surface area contributed by atoms with Crippen LogP contribution in [-0.4, -0.2) is 51.3 Å². The van der Waals surface area contributed by atoms with Crippen molar-refractivity contribution >= 4 is 29.9 Å². The number of nitrogens with zero attached hydrogens (tertiary/aromatic N) is 3. The molecule has 8 nitrogen and oxygen atoms in total. The highest BCUT2D eigenvalue weighted by Gasteiger charge is 2.53. The third kappa shape index (κ3) is 5.15. The zero-order chi connectivity index (χ0) is 25.5. The van der Waals surface area contributed by atoms with Crippen LogP contribution in [0.2, 0.25) is 0 Å². The van der Waals surface area contributed by atoms with E-state index in [1.807, 2.05) is 72.0 Å². The van der Waals surface area contributed by atoms with Crippen molar-refractivity contribution in [2.75, 3.05) is 0 Å². The van der Waals surface area contributed by atoms with E-state index in [2.05, 4.69) is 4.98 Å². The van der Waals surface area contributed by atoms with Crippen molar-refractivity contribution in [1.29, 1.82) is 0 Å². The highest BCUT2D eigenvalue weighted by Crippen LogP contribution is 2.37. The van der Waals surface area contributed by atoms with E-state index in [4.69, 9.17) is 23.9 Å². The van der Waals surface area contributed by atoms with Gasteiger partial charge in [-0.2, -0.15) is 5.10 Å². The molecule has 1 fully saturated rings. The van der Waals surface area contributed by atoms with Gasteiger partial charge in [0.2, 0.25) is 0 Å². The molecule has 186 valence electrons. The van der Waals surface area contributed by atoms with Crippen LogP contribution in [0.25, 0.3) is 16.3 Å². The fraction of sp³-hybridized carbons (Fsp3) is 0.480. The van der Waals surface area contributed by atoms with E-state index in [1.165, 1.54) is 11.3 Å². The number of hydrogen-bond acceptors (Lipinski definition) is 8. The number of ether oxygens (including phenoxy) is 2. The van der Waals surface area contributed by atoms with Gasteiger partial charge >= 0.3 is 13.1 Å². The molecule has 35 heavy (non-hydrogen) atoms. The highest BCUT2D eigenvalue weighted by molar-refractivity contribution is 7.12. The quantitative estimate of drug-likeness (QED) is 0.347. The van der Waals surface area contributed by atoms with Gasteiger partial charge in [-0.15, -0.1) is 11.3 Å². The van der Waals surface area contributed by atoms with Gasteiger partial charge < -0.3 is 18.8 Å². The zero-order valence-corrected chi connectivity index (χ0v) is 22.3. The molecule has 0 unspecified atom stereocenters. The molecule has 1 saturated heterocycles. The molecule has 0 bridgehead atoms. The summed E-state index contributed by atoms with van der Waals surface area (Å²) in [6.45, 7) is 15.6. The number of carbonyl (C=O) groups excluding carboxylic acids is 1. The van der Waals surface area contributed by atoms with E-state index in [0.717, 1.165) is 16.8 Å². The standard InChI is InChI=1S/C25H32BN3O5S/c1-15(2)31-18-11-9-10-17(12-18)20-19(26-33-24(5,6)25(7,8)34-26)13-29(28-20)22-21(27-14-35-22)23(30)32-16(3)4/h9-16H,1-8H3. The number of rotatable bonds is 7. The van der Waals surface area contributed by atoms with Gasteiger partial charge in [0.1, 0.15) is 5.75 Å². The Hall–Kier alpha value is -2.69. The Morgan fingerprint density at radius 3 is 2.40 bits per heavy atom. The van der Waals surface area contributed by atoms with E-state index in [1.54, 1.807) is 24.0 Å². The fourth-order valence-corrected chi connectivity index (χ4v) is 4.37. The minimum Gasteiger partial charge on any atom is -0.491 e. The first kappa shape index (κ1) is 25.4. The number of thiazole rings is 1. The highest BCUT2D eigenvalue weighted by atomic mass is 32.1. The maximum absolute atomic E-state index is 12.7. The van der Waals surface area contributed by atoms with Crippen LogP contribution in [0, 0.1) is 0 Å². The molecule has 0 saturated carbocycles. The summed E-state index contributed by atoms with van der Waals surface area (Å²) in [5, 5.41) is 5.43. The van der Waals surface area contributed by atoms with Gasteiger partial charge in [0.05, 0.1) is 34.6 Å². The van der Waals surface area contributed by atoms with E-state index in [-0.39, 0.29) is 17.9 Å². The van der Waals surface area contributed by atoms with Crippen molar-refractivity contribution in [1.82, 2.24) is 14.8 Å². The van der Waals surface area contributed by atoms with Crippen LogP contribution in [0.4, 0.5) is 0 Å². The first-order valence-electron chi connectivity index (χ1n) is 11.7. The number of benzene rings is 1. The lowest BCUT2D eigenvalue weighted by atomic mass is 9.78. The van der Waals surface area contributed by atoms with Gasteiger partial charge in [-0.3, -0.25) is 0 Å². The Balaban J connectivity index is 1.81.